The van der Waals surface area contributed by atoms with E-state index in [-0.39, 0.29) is 16.8 Å². The molecule has 9 heteroatoms. The molecule has 9 nitrogen and oxygen atoms in total. The van der Waals surface area contributed by atoms with Crippen LogP contribution in [0.1, 0.15) is 42.9 Å². The molecule has 0 saturated heterocycles. The number of hydrogen-bond acceptors (Lipinski definition) is 8. The van der Waals surface area contributed by atoms with Gasteiger partial charge in [-0.1, -0.05) is 72.8 Å². The van der Waals surface area contributed by atoms with Gasteiger partial charge in [0.05, 0.1) is 28.6 Å². The van der Waals surface area contributed by atoms with Crippen molar-refractivity contribution in [3.05, 3.63) is 150 Å². The van der Waals surface area contributed by atoms with Crippen molar-refractivity contribution in [1.29, 1.82) is 0 Å². The van der Waals surface area contributed by atoms with Gasteiger partial charge in [-0.05, 0) is 48.5 Å². The first kappa shape index (κ1) is 27.0. The van der Waals surface area contributed by atoms with Crippen LogP contribution < -0.4 is 0 Å². The van der Waals surface area contributed by atoms with E-state index in [1.54, 1.807) is 91.0 Å². The van der Waals surface area contributed by atoms with Crippen LogP contribution in [0.25, 0.3) is 5.69 Å². The number of para-hydroxylation sites is 1. The predicted molar refractivity (Wildman–Crippen MR) is 148 cm³/mol. The van der Waals surface area contributed by atoms with E-state index in [1.165, 1.54) is 11.0 Å². The Morgan fingerprint density at radius 1 is 0.610 bits per heavy atom. The first-order valence-corrected chi connectivity index (χ1v) is 12.8. The van der Waals surface area contributed by atoms with Crippen LogP contribution in [0.2, 0.25) is 0 Å². The van der Waals surface area contributed by atoms with Crippen molar-refractivity contribution >= 4 is 17.9 Å². The molecule has 0 aliphatic heterocycles. The maximum absolute atomic E-state index is 13.2. The lowest BCUT2D eigenvalue weighted by Crippen LogP contribution is -2.34. The molecule has 0 aliphatic rings. The summed E-state index contributed by atoms with van der Waals surface area (Å²) in [6, 6.07) is 34.2. The zero-order valence-corrected chi connectivity index (χ0v) is 21.8. The quantitative estimate of drug-likeness (QED) is 0.172. The summed E-state index contributed by atoms with van der Waals surface area (Å²) in [7, 11) is 0. The second-order valence-electron chi connectivity index (χ2n) is 8.86. The lowest BCUT2D eigenvalue weighted by Gasteiger charge is -2.25. The number of nitrogens with zero attached hydrogens (tertiary/aromatic N) is 3. The van der Waals surface area contributed by atoms with Crippen molar-refractivity contribution in [1.82, 2.24) is 15.0 Å². The number of aromatic nitrogens is 3. The molecule has 1 aromatic heterocycles. The molecule has 204 valence electrons. The SMILES string of the molecule is O=C(OCC(OC(=O)c1ccccc1)C(OC(=O)c1ccccc1)c1cnn(-c2ccccc2)n1)c1ccccc1. The fourth-order valence-corrected chi connectivity index (χ4v) is 3.95. The van der Waals surface area contributed by atoms with Gasteiger partial charge in [0.25, 0.3) is 0 Å². The summed E-state index contributed by atoms with van der Waals surface area (Å²) >= 11 is 0. The molecule has 0 aliphatic carbocycles. The van der Waals surface area contributed by atoms with Crippen molar-refractivity contribution in [3.8, 4) is 5.69 Å². The molecule has 2 atom stereocenters. The van der Waals surface area contributed by atoms with Gasteiger partial charge in [0.2, 0.25) is 0 Å². The van der Waals surface area contributed by atoms with E-state index in [9.17, 15) is 14.4 Å². The standard InChI is InChI=1S/C32H25N3O6/c36-30(23-13-5-1-6-14-23)39-22-28(40-31(37)24-15-7-2-8-16-24)29(41-32(38)25-17-9-3-10-18-25)27-21-33-35(34-27)26-19-11-4-12-20-26/h1-21,28-29H,22H2. The highest BCUT2D eigenvalue weighted by atomic mass is 16.6. The molecule has 41 heavy (non-hydrogen) atoms. The third-order valence-corrected chi connectivity index (χ3v) is 6.03. The third-order valence-electron chi connectivity index (χ3n) is 6.03. The number of esters is 3. The fourth-order valence-electron chi connectivity index (χ4n) is 3.95. The summed E-state index contributed by atoms with van der Waals surface area (Å²) in [5.74, 6) is -2.00. The van der Waals surface area contributed by atoms with Crippen LogP contribution in [0.3, 0.4) is 0 Å². The highest BCUT2D eigenvalue weighted by Crippen LogP contribution is 2.26. The summed E-state index contributed by atoms with van der Waals surface area (Å²) in [4.78, 5) is 40.5. The molecule has 2 unspecified atom stereocenters. The predicted octanol–water partition coefficient (Wildman–Crippen LogP) is 5.25. The van der Waals surface area contributed by atoms with E-state index < -0.39 is 36.7 Å². The van der Waals surface area contributed by atoms with Gasteiger partial charge in [-0.15, -0.1) is 5.10 Å². The van der Waals surface area contributed by atoms with Gasteiger partial charge in [-0.2, -0.15) is 9.90 Å². The molecule has 0 fully saturated rings. The Labute approximate surface area is 235 Å². The molecule has 0 bridgehead atoms. The molecule has 0 saturated carbocycles. The summed E-state index contributed by atoms with van der Waals surface area (Å²) in [5, 5.41) is 8.83. The first-order valence-electron chi connectivity index (χ1n) is 12.8. The molecular formula is C32H25N3O6. The lowest BCUT2D eigenvalue weighted by molar-refractivity contribution is -0.0605. The molecule has 4 aromatic carbocycles. The monoisotopic (exact) mass is 547 g/mol. The van der Waals surface area contributed by atoms with Crippen molar-refractivity contribution < 1.29 is 28.6 Å². The van der Waals surface area contributed by atoms with Crippen molar-refractivity contribution in [2.24, 2.45) is 0 Å². The molecule has 0 N–H and O–H groups in total. The van der Waals surface area contributed by atoms with Crippen LogP contribution in [-0.2, 0) is 14.2 Å². The number of ether oxygens (including phenoxy) is 3. The number of carbonyl (C=O) groups is 3. The molecule has 1 heterocycles. The maximum Gasteiger partial charge on any atom is 0.338 e. The smallest absolute Gasteiger partial charge is 0.338 e. The highest BCUT2D eigenvalue weighted by molar-refractivity contribution is 5.91. The summed E-state index contributed by atoms with van der Waals surface area (Å²) in [5.41, 5.74) is 1.73. The molecule has 0 spiro atoms. The van der Waals surface area contributed by atoms with Crippen molar-refractivity contribution in [2.45, 2.75) is 12.2 Å². The minimum absolute atomic E-state index is 0.194. The Balaban J connectivity index is 1.49. The van der Waals surface area contributed by atoms with E-state index in [1.807, 2.05) is 30.3 Å². The van der Waals surface area contributed by atoms with Crippen LogP contribution in [0.15, 0.2) is 128 Å². The van der Waals surface area contributed by atoms with E-state index in [0.717, 1.165) is 0 Å². The number of hydrogen-bond donors (Lipinski definition) is 0. The van der Waals surface area contributed by atoms with Crippen LogP contribution in [-0.4, -0.2) is 45.6 Å². The molecular weight excluding hydrogens is 522 g/mol. The van der Waals surface area contributed by atoms with Gasteiger partial charge in [0.1, 0.15) is 12.3 Å². The third kappa shape index (κ3) is 6.90. The number of rotatable bonds is 10. The Morgan fingerprint density at radius 2 is 1.07 bits per heavy atom. The largest absolute Gasteiger partial charge is 0.458 e. The lowest BCUT2D eigenvalue weighted by atomic mass is 10.1. The van der Waals surface area contributed by atoms with Gasteiger partial charge in [-0.3, -0.25) is 0 Å². The Kier molecular flexibility index (Phi) is 8.56. The van der Waals surface area contributed by atoms with Gasteiger partial charge < -0.3 is 14.2 Å². The second-order valence-corrected chi connectivity index (χ2v) is 8.86. The van der Waals surface area contributed by atoms with Gasteiger partial charge in [0.15, 0.2) is 12.2 Å². The Morgan fingerprint density at radius 3 is 1.61 bits per heavy atom. The topological polar surface area (TPSA) is 110 Å². The van der Waals surface area contributed by atoms with E-state index in [0.29, 0.717) is 11.3 Å². The van der Waals surface area contributed by atoms with Crippen LogP contribution in [0.4, 0.5) is 0 Å². The van der Waals surface area contributed by atoms with Crippen LogP contribution in [0, 0.1) is 0 Å². The van der Waals surface area contributed by atoms with Crippen LogP contribution in [0.5, 0.6) is 0 Å². The van der Waals surface area contributed by atoms with Crippen molar-refractivity contribution in [3.63, 3.8) is 0 Å². The van der Waals surface area contributed by atoms with E-state index >= 15 is 0 Å². The van der Waals surface area contributed by atoms with Gasteiger partial charge >= 0.3 is 17.9 Å². The van der Waals surface area contributed by atoms with Gasteiger partial charge in [0, 0.05) is 0 Å². The number of benzene rings is 4. The second kappa shape index (κ2) is 13.0. The first-order chi connectivity index (χ1) is 20.1. The average molecular weight is 548 g/mol. The van der Waals surface area contributed by atoms with Crippen LogP contribution >= 0.6 is 0 Å². The summed E-state index contributed by atoms with van der Waals surface area (Å²) in [6.45, 7) is -0.419. The minimum atomic E-state index is -1.27. The van der Waals surface area contributed by atoms with Crippen molar-refractivity contribution in [2.75, 3.05) is 6.61 Å². The summed E-state index contributed by atoms with van der Waals surface area (Å²) in [6.07, 6.45) is -1.11. The van der Waals surface area contributed by atoms with E-state index in [2.05, 4.69) is 10.2 Å². The zero-order valence-electron chi connectivity index (χ0n) is 21.8. The van der Waals surface area contributed by atoms with Gasteiger partial charge in [-0.25, -0.2) is 14.4 Å². The fraction of sp³-hybridized carbons (Fsp3) is 0.0938. The molecule has 5 aromatic rings. The molecule has 0 amide bonds. The summed E-state index contributed by atoms with van der Waals surface area (Å²) < 4.78 is 17.3. The zero-order chi connectivity index (χ0) is 28.4. The normalized spacial score (nSPS) is 12.1. The average Bonchev–Trinajstić information content (AvgIpc) is 3.53. The Bertz CT molecular complexity index is 1590. The Hall–Kier alpha value is -5.57. The molecule has 0 radical (unpaired) electrons. The molecule has 5 rings (SSSR count). The highest BCUT2D eigenvalue weighted by Gasteiger charge is 2.35. The van der Waals surface area contributed by atoms with E-state index in [4.69, 9.17) is 14.2 Å². The minimum Gasteiger partial charge on any atom is -0.458 e. The number of carbonyl (C=O) groups excluding carboxylic acids is 3. The maximum atomic E-state index is 13.2.